The summed E-state index contributed by atoms with van der Waals surface area (Å²) in [6, 6.07) is 0. The third-order valence-electron chi connectivity index (χ3n) is 1.39. The van der Waals surface area contributed by atoms with Gasteiger partial charge in [-0.1, -0.05) is 29.8 Å². The van der Waals surface area contributed by atoms with Gasteiger partial charge in [0.15, 0.2) is 0 Å². The van der Waals surface area contributed by atoms with E-state index in [0.717, 1.165) is 5.03 Å². The van der Waals surface area contributed by atoms with Crippen molar-refractivity contribution in [1.29, 1.82) is 0 Å². The van der Waals surface area contributed by atoms with Crippen molar-refractivity contribution in [1.82, 2.24) is 0 Å². The quantitative estimate of drug-likeness (QED) is 0.650. The molecular weight excluding hydrogens is 160 g/mol. The van der Waals surface area contributed by atoms with Crippen LogP contribution in [0.4, 0.5) is 0 Å². The maximum atomic E-state index is 9.31. The lowest BCUT2D eigenvalue weighted by atomic mass is 10.1. The van der Waals surface area contributed by atoms with Crippen molar-refractivity contribution in [2.75, 3.05) is 0 Å². The number of aliphatic hydroxyl groups excluding tert-OH is 1. The fourth-order valence-corrected chi connectivity index (χ4v) is 0.898. The van der Waals surface area contributed by atoms with Crippen LogP contribution in [0.25, 0.3) is 0 Å². The van der Waals surface area contributed by atoms with Crippen LogP contribution in [0.3, 0.4) is 0 Å². The SMILES string of the molecule is C/C=C\CC(O)C/C(Cl)=C\C. The Balaban J connectivity index is 3.60. The highest BCUT2D eigenvalue weighted by Gasteiger charge is 2.02. The number of allylic oxidation sites excluding steroid dienone is 2. The third-order valence-corrected chi connectivity index (χ3v) is 1.76. The molecule has 0 saturated heterocycles. The highest BCUT2D eigenvalue weighted by atomic mass is 35.5. The fourth-order valence-electron chi connectivity index (χ4n) is 0.719. The second-order valence-electron chi connectivity index (χ2n) is 2.40. The van der Waals surface area contributed by atoms with Gasteiger partial charge in [-0.3, -0.25) is 0 Å². The summed E-state index contributed by atoms with van der Waals surface area (Å²) in [6.07, 6.45) is 6.57. The summed E-state index contributed by atoms with van der Waals surface area (Å²) in [5.74, 6) is 0. The zero-order valence-corrected chi connectivity index (χ0v) is 7.80. The predicted octanol–water partition coefficient (Wildman–Crippen LogP) is 2.85. The Morgan fingerprint density at radius 2 is 2.18 bits per heavy atom. The first kappa shape index (κ1) is 10.7. The largest absolute Gasteiger partial charge is 0.392 e. The second kappa shape index (κ2) is 6.44. The van der Waals surface area contributed by atoms with Gasteiger partial charge in [0.05, 0.1) is 6.10 Å². The van der Waals surface area contributed by atoms with Crippen molar-refractivity contribution < 1.29 is 5.11 Å². The molecule has 0 aliphatic heterocycles. The molecule has 0 rings (SSSR count). The second-order valence-corrected chi connectivity index (χ2v) is 2.88. The van der Waals surface area contributed by atoms with Crippen LogP contribution in [0.1, 0.15) is 26.7 Å². The lowest BCUT2D eigenvalue weighted by molar-refractivity contribution is 0.180. The van der Waals surface area contributed by atoms with Crippen LogP contribution in [0, 0.1) is 0 Å². The lowest BCUT2D eigenvalue weighted by Crippen LogP contribution is -2.03. The molecule has 0 aliphatic carbocycles. The van der Waals surface area contributed by atoms with Crippen molar-refractivity contribution in [3.05, 3.63) is 23.3 Å². The third kappa shape index (κ3) is 6.14. The smallest absolute Gasteiger partial charge is 0.0623 e. The zero-order valence-electron chi connectivity index (χ0n) is 7.05. The van der Waals surface area contributed by atoms with Gasteiger partial charge in [-0.25, -0.2) is 0 Å². The zero-order chi connectivity index (χ0) is 8.69. The van der Waals surface area contributed by atoms with E-state index in [4.69, 9.17) is 11.6 Å². The molecule has 2 heteroatoms. The van der Waals surface area contributed by atoms with Crippen molar-refractivity contribution >= 4 is 11.6 Å². The minimum Gasteiger partial charge on any atom is -0.392 e. The van der Waals surface area contributed by atoms with Crippen LogP contribution in [-0.4, -0.2) is 11.2 Å². The summed E-state index contributed by atoms with van der Waals surface area (Å²) in [5, 5.41) is 10.0. The summed E-state index contributed by atoms with van der Waals surface area (Å²) in [7, 11) is 0. The van der Waals surface area contributed by atoms with Gasteiger partial charge in [-0.2, -0.15) is 0 Å². The molecule has 1 N–H and O–H groups in total. The summed E-state index contributed by atoms with van der Waals surface area (Å²) >= 11 is 5.72. The summed E-state index contributed by atoms with van der Waals surface area (Å²) in [4.78, 5) is 0. The molecule has 64 valence electrons. The van der Waals surface area contributed by atoms with E-state index < -0.39 is 0 Å². The molecule has 0 fully saturated rings. The first-order valence-electron chi connectivity index (χ1n) is 3.80. The first-order valence-corrected chi connectivity index (χ1v) is 4.18. The maximum absolute atomic E-state index is 9.31. The number of rotatable bonds is 4. The van der Waals surface area contributed by atoms with Crippen molar-refractivity contribution in [3.8, 4) is 0 Å². The van der Waals surface area contributed by atoms with E-state index in [1.54, 1.807) is 6.08 Å². The number of hydrogen-bond donors (Lipinski definition) is 1. The highest BCUT2D eigenvalue weighted by molar-refractivity contribution is 6.29. The van der Waals surface area contributed by atoms with Crippen LogP contribution in [0.2, 0.25) is 0 Å². The van der Waals surface area contributed by atoms with Gasteiger partial charge in [0, 0.05) is 11.5 Å². The first-order chi connectivity index (χ1) is 5.20. The summed E-state index contributed by atoms with van der Waals surface area (Å²) in [6.45, 7) is 3.80. The Hall–Kier alpha value is -0.270. The standard InChI is InChI=1S/C9H15ClO/c1-3-5-6-9(11)7-8(10)4-2/h3-5,9,11H,6-7H2,1-2H3/b5-3-,8-4+. The molecule has 0 aliphatic rings. The van der Waals surface area contributed by atoms with Gasteiger partial charge in [0.1, 0.15) is 0 Å². The van der Waals surface area contributed by atoms with E-state index in [9.17, 15) is 5.11 Å². The van der Waals surface area contributed by atoms with Crippen LogP contribution in [0.15, 0.2) is 23.3 Å². The molecule has 0 aromatic heterocycles. The highest BCUT2D eigenvalue weighted by Crippen LogP contribution is 2.12. The van der Waals surface area contributed by atoms with E-state index in [0.29, 0.717) is 12.8 Å². The summed E-state index contributed by atoms with van der Waals surface area (Å²) in [5.41, 5.74) is 0. The molecule has 0 radical (unpaired) electrons. The topological polar surface area (TPSA) is 20.2 Å². The Bertz CT molecular complexity index is 150. The molecule has 0 amide bonds. The van der Waals surface area contributed by atoms with Crippen LogP contribution in [0.5, 0.6) is 0 Å². The van der Waals surface area contributed by atoms with E-state index in [1.165, 1.54) is 0 Å². The van der Waals surface area contributed by atoms with Crippen molar-refractivity contribution in [2.24, 2.45) is 0 Å². The molecule has 0 saturated carbocycles. The van der Waals surface area contributed by atoms with E-state index in [-0.39, 0.29) is 6.10 Å². The molecule has 0 spiro atoms. The molecule has 11 heavy (non-hydrogen) atoms. The number of aliphatic hydroxyl groups is 1. The molecule has 0 aromatic rings. The van der Waals surface area contributed by atoms with Gasteiger partial charge in [0.2, 0.25) is 0 Å². The Morgan fingerprint density at radius 3 is 2.64 bits per heavy atom. The fraction of sp³-hybridized carbons (Fsp3) is 0.556. The molecule has 0 aromatic carbocycles. The van der Waals surface area contributed by atoms with Gasteiger partial charge >= 0.3 is 0 Å². The van der Waals surface area contributed by atoms with Gasteiger partial charge in [-0.05, 0) is 20.3 Å². The number of halogens is 1. The molecule has 1 atom stereocenters. The minimum atomic E-state index is -0.338. The monoisotopic (exact) mass is 174 g/mol. The maximum Gasteiger partial charge on any atom is 0.0623 e. The summed E-state index contributed by atoms with van der Waals surface area (Å²) < 4.78 is 0. The predicted molar refractivity (Wildman–Crippen MR) is 49.7 cm³/mol. The Morgan fingerprint density at radius 1 is 1.55 bits per heavy atom. The van der Waals surface area contributed by atoms with Gasteiger partial charge in [0.25, 0.3) is 0 Å². The Kier molecular flexibility index (Phi) is 6.28. The molecule has 1 nitrogen and oxygen atoms in total. The number of hydrogen-bond acceptors (Lipinski definition) is 1. The lowest BCUT2D eigenvalue weighted by Gasteiger charge is -2.05. The van der Waals surface area contributed by atoms with E-state index in [2.05, 4.69) is 0 Å². The van der Waals surface area contributed by atoms with E-state index >= 15 is 0 Å². The van der Waals surface area contributed by atoms with Crippen LogP contribution >= 0.6 is 11.6 Å². The molecular formula is C9H15ClO. The van der Waals surface area contributed by atoms with Crippen LogP contribution in [-0.2, 0) is 0 Å². The van der Waals surface area contributed by atoms with Crippen LogP contribution < -0.4 is 0 Å². The van der Waals surface area contributed by atoms with Gasteiger partial charge < -0.3 is 5.11 Å². The molecule has 0 bridgehead atoms. The normalized spacial score (nSPS) is 15.8. The van der Waals surface area contributed by atoms with Crippen molar-refractivity contribution in [3.63, 3.8) is 0 Å². The van der Waals surface area contributed by atoms with E-state index in [1.807, 2.05) is 26.0 Å². The molecule has 1 unspecified atom stereocenters. The average molecular weight is 175 g/mol. The van der Waals surface area contributed by atoms with Gasteiger partial charge in [-0.15, -0.1) is 0 Å². The minimum absolute atomic E-state index is 0.338. The molecule has 0 heterocycles. The Labute approximate surface area is 73.4 Å². The van der Waals surface area contributed by atoms with Crippen molar-refractivity contribution in [2.45, 2.75) is 32.8 Å². The average Bonchev–Trinajstić information content (AvgIpc) is 2.00.